The standard InChI is InChI=1S/C17H19NO2/c1-3-13-8-10-14(11-9-13)12-17(19)18-15-6-4-5-7-16(15)20-2/h4-11H,3,12H2,1-2H3,(H,18,19). The molecular formula is C17H19NO2. The maximum absolute atomic E-state index is 12.0. The Morgan fingerprint density at radius 1 is 1.05 bits per heavy atom. The van der Waals surface area contributed by atoms with Gasteiger partial charge >= 0.3 is 0 Å². The van der Waals surface area contributed by atoms with E-state index in [0.717, 1.165) is 12.0 Å². The molecule has 20 heavy (non-hydrogen) atoms. The number of carbonyl (C=O) groups is 1. The van der Waals surface area contributed by atoms with Gasteiger partial charge in [0.15, 0.2) is 0 Å². The molecule has 0 bridgehead atoms. The molecule has 0 saturated heterocycles. The molecule has 0 atom stereocenters. The number of hydrogen-bond donors (Lipinski definition) is 1. The van der Waals surface area contributed by atoms with E-state index in [1.807, 2.05) is 36.4 Å². The van der Waals surface area contributed by atoms with Crippen LogP contribution in [0.1, 0.15) is 18.1 Å². The molecular weight excluding hydrogens is 250 g/mol. The van der Waals surface area contributed by atoms with Crippen LogP contribution in [0.4, 0.5) is 5.69 Å². The van der Waals surface area contributed by atoms with Crippen LogP contribution in [0.3, 0.4) is 0 Å². The van der Waals surface area contributed by atoms with Gasteiger partial charge < -0.3 is 10.1 Å². The van der Waals surface area contributed by atoms with E-state index in [9.17, 15) is 4.79 Å². The van der Waals surface area contributed by atoms with Crippen molar-refractivity contribution >= 4 is 11.6 Å². The van der Waals surface area contributed by atoms with Gasteiger partial charge in [0, 0.05) is 0 Å². The Hall–Kier alpha value is -2.29. The number of para-hydroxylation sites is 2. The molecule has 0 aliphatic carbocycles. The first-order valence-corrected chi connectivity index (χ1v) is 6.73. The van der Waals surface area contributed by atoms with E-state index >= 15 is 0 Å². The highest BCUT2D eigenvalue weighted by molar-refractivity contribution is 5.93. The summed E-state index contributed by atoms with van der Waals surface area (Å²) in [6.45, 7) is 2.11. The summed E-state index contributed by atoms with van der Waals surface area (Å²) in [6.07, 6.45) is 1.37. The number of ether oxygens (including phenoxy) is 1. The lowest BCUT2D eigenvalue weighted by atomic mass is 10.1. The number of aryl methyl sites for hydroxylation is 1. The van der Waals surface area contributed by atoms with Crippen molar-refractivity contribution in [2.24, 2.45) is 0 Å². The molecule has 0 aromatic heterocycles. The summed E-state index contributed by atoms with van der Waals surface area (Å²) in [7, 11) is 1.59. The molecule has 0 aliphatic heterocycles. The van der Waals surface area contributed by atoms with Crippen LogP contribution in [0.25, 0.3) is 0 Å². The summed E-state index contributed by atoms with van der Waals surface area (Å²) in [5.41, 5.74) is 2.98. The number of hydrogen-bond acceptors (Lipinski definition) is 2. The summed E-state index contributed by atoms with van der Waals surface area (Å²) in [5, 5.41) is 2.87. The molecule has 0 spiro atoms. The Balaban J connectivity index is 2.01. The topological polar surface area (TPSA) is 38.3 Å². The third kappa shape index (κ3) is 3.60. The van der Waals surface area contributed by atoms with Crippen molar-refractivity contribution < 1.29 is 9.53 Å². The summed E-state index contributed by atoms with van der Waals surface area (Å²) in [5.74, 6) is 0.626. The van der Waals surface area contributed by atoms with Crippen molar-refractivity contribution in [3.63, 3.8) is 0 Å². The van der Waals surface area contributed by atoms with Crippen LogP contribution in [-0.4, -0.2) is 13.0 Å². The number of rotatable bonds is 5. The van der Waals surface area contributed by atoms with E-state index in [4.69, 9.17) is 4.74 Å². The van der Waals surface area contributed by atoms with E-state index < -0.39 is 0 Å². The highest BCUT2D eigenvalue weighted by Gasteiger charge is 2.07. The van der Waals surface area contributed by atoms with Crippen molar-refractivity contribution in [3.05, 3.63) is 59.7 Å². The highest BCUT2D eigenvalue weighted by atomic mass is 16.5. The van der Waals surface area contributed by atoms with E-state index in [-0.39, 0.29) is 5.91 Å². The first-order valence-electron chi connectivity index (χ1n) is 6.73. The monoisotopic (exact) mass is 269 g/mol. The zero-order valence-corrected chi connectivity index (χ0v) is 11.8. The molecule has 0 aliphatic rings. The molecule has 3 nitrogen and oxygen atoms in total. The second-order valence-electron chi connectivity index (χ2n) is 4.60. The normalized spacial score (nSPS) is 10.1. The third-order valence-electron chi connectivity index (χ3n) is 3.18. The largest absolute Gasteiger partial charge is 0.495 e. The number of methoxy groups -OCH3 is 1. The smallest absolute Gasteiger partial charge is 0.228 e. The van der Waals surface area contributed by atoms with Gasteiger partial charge in [-0.3, -0.25) is 4.79 Å². The van der Waals surface area contributed by atoms with Gasteiger partial charge in [-0.25, -0.2) is 0 Å². The lowest BCUT2D eigenvalue weighted by Crippen LogP contribution is -2.14. The van der Waals surface area contributed by atoms with Crippen molar-refractivity contribution in [2.45, 2.75) is 19.8 Å². The Morgan fingerprint density at radius 3 is 2.35 bits per heavy atom. The van der Waals surface area contributed by atoms with Gasteiger partial charge in [0.25, 0.3) is 0 Å². The zero-order valence-electron chi connectivity index (χ0n) is 11.8. The van der Waals surface area contributed by atoms with Gasteiger partial charge in [-0.2, -0.15) is 0 Å². The maximum Gasteiger partial charge on any atom is 0.228 e. The minimum atomic E-state index is -0.0428. The second-order valence-corrected chi connectivity index (χ2v) is 4.60. The fourth-order valence-electron chi connectivity index (χ4n) is 2.02. The molecule has 0 saturated carbocycles. The van der Waals surface area contributed by atoms with Crippen LogP contribution >= 0.6 is 0 Å². The Morgan fingerprint density at radius 2 is 1.70 bits per heavy atom. The lowest BCUT2D eigenvalue weighted by Gasteiger charge is -2.10. The molecule has 2 aromatic carbocycles. The zero-order chi connectivity index (χ0) is 14.4. The average molecular weight is 269 g/mol. The molecule has 104 valence electrons. The number of benzene rings is 2. The SMILES string of the molecule is CCc1ccc(CC(=O)Nc2ccccc2OC)cc1. The summed E-state index contributed by atoms with van der Waals surface area (Å²) in [4.78, 5) is 12.0. The number of nitrogens with one attached hydrogen (secondary N) is 1. The van der Waals surface area contributed by atoms with Crippen molar-refractivity contribution in [2.75, 3.05) is 12.4 Å². The molecule has 0 unspecified atom stereocenters. The second kappa shape index (κ2) is 6.75. The van der Waals surface area contributed by atoms with E-state index in [1.54, 1.807) is 7.11 Å². The molecule has 0 heterocycles. The number of amides is 1. The minimum absolute atomic E-state index is 0.0428. The minimum Gasteiger partial charge on any atom is -0.495 e. The van der Waals surface area contributed by atoms with Gasteiger partial charge in [0.1, 0.15) is 5.75 Å². The van der Waals surface area contributed by atoms with Crippen LogP contribution in [0.5, 0.6) is 5.75 Å². The van der Waals surface area contributed by atoms with E-state index in [2.05, 4.69) is 24.4 Å². The Bertz CT molecular complexity index is 576. The Labute approximate surface area is 119 Å². The van der Waals surface area contributed by atoms with Gasteiger partial charge in [-0.15, -0.1) is 0 Å². The third-order valence-corrected chi connectivity index (χ3v) is 3.18. The summed E-state index contributed by atoms with van der Waals surface area (Å²) >= 11 is 0. The summed E-state index contributed by atoms with van der Waals surface area (Å²) < 4.78 is 5.21. The molecule has 1 N–H and O–H groups in total. The van der Waals surface area contributed by atoms with Crippen molar-refractivity contribution in [1.82, 2.24) is 0 Å². The molecule has 2 aromatic rings. The summed E-state index contributed by atoms with van der Waals surface area (Å²) in [6, 6.07) is 15.5. The first kappa shape index (κ1) is 14.1. The van der Waals surface area contributed by atoms with Crippen molar-refractivity contribution in [3.8, 4) is 5.75 Å². The van der Waals surface area contributed by atoms with Crippen LogP contribution in [0, 0.1) is 0 Å². The molecule has 1 amide bonds. The molecule has 2 rings (SSSR count). The molecule has 3 heteroatoms. The number of carbonyl (C=O) groups excluding carboxylic acids is 1. The predicted molar refractivity (Wildman–Crippen MR) is 81.1 cm³/mol. The van der Waals surface area contributed by atoms with Crippen LogP contribution < -0.4 is 10.1 Å². The van der Waals surface area contributed by atoms with E-state index in [1.165, 1.54) is 5.56 Å². The fraction of sp³-hybridized carbons (Fsp3) is 0.235. The predicted octanol–water partition coefficient (Wildman–Crippen LogP) is 3.44. The average Bonchev–Trinajstić information content (AvgIpc) is 2.48. The Kier molecular flexibility index (Phi) is 4.77. The van der Waals surface area contributed by atoms with Gasteiger partial charge in [0.05, 0.1) is 19.2 Å². The van der Waals surface area contributed by atoms with Crippen LogP contribution in [0.15, 0.2) is 48.5 Å². The van der Waals surface area contributed by atoms with Gasteiger partial charge in [0.2, 0.25) is 5.91 Å². The molecule has 0 fully saturated rings. The lowest BCUT2D eigenvalue weighted by molar-refractivity contribution is -0.115. The molecule has 0 radical (unpaired) electrons. The van der Waals surface area contributed by atoms with Gasteiger partial charge in [-0.1, -0.05) is 43.3 Å². The highest BCUT2D eigenvalue weighted by Crippen LogP contribution is 2.23. The van der Waals surface area contributed by atoms with Gasteiger partial charge in [-0.05, 0) is 29.7 Å². The fourth-order valence-corrected chi connectivity index (χ4v) is 2.02. The quantitative estimate of drug-likeness (QED) is 0.903. The van der Waals surface area contributed by atoms with Crippen LogP contribution in [0.2, 0.25) is 0 Å². The number of anilines is 1. The van der Waals surface area contributed by atoms with E-state index in [0.29, 0.717) is 17.9 Å². The van der Waals surface area contributed by atoms with Crippen LogP contribution in [-0.2, 0) is 17.6 Å². The maximum atomic E-state index is 12.0. The first-order chi connectivity index (χ1) is 9.72. The van der Waals surface area contributed by atoms with Crippen molar-refractivity contribution in [1.29, 1.82) is 0 Å².